The van der Waals surface area contributed by atoms with Crippen molar-refractivity contribution in [2.45, 2.75) is 19.8 Å². The highest BCUT2D eigenvalue weighted by atomic mass is 16.5. The van der Waals surface area contributed by atoms with Gasteiger partial charge in [0.1, 0.15) is 12.1 Å². The van der Waals surface area contributed by atoms with Crippen LogP contribution >= 0.6 is 0 Å². The van der Waals surface area contributed by atoms with Gasteiger partial charge < -0.3 is 4.74 Å². The quantitative estimate of drug-likeness (QED) is 0.711. The Kier molecular flexibility index (Phi) is 4.57. The summed E-state index contributed by atoms with van der Waals surface area (Å²) in [6.45, 7) is 2.52. The lowest BCUT2D eigenvalue weighted by atomic mass is 10.2. The van der Waals surface area contributed by atoms with Gasteiger partial charge in [0.2, 0.25) is 5.91 Å². The molecule has 0 aliphatic carbocycles. The summed E-state index contributed by atoms with van der Waals surface area (Å²) in [5.74, 6) is 0.815. The first-order valence-corrected chi connectivity index (χ1v) is 7.64. The molecular formula is C18H19N3O2. The molecule has 3 aromatic rings. The number of benzene rings is 2. The molecule has 0 aliphatic heterocycles. The van der Waals surface area contributed by atoms with Crippen LogP contribution in [0.1, 0.15) is 18.4 Å². The van der Waals surface area contributed by atoms with Crippen molar-refractivity contribution in [2.75, 3.05) is 12.0 Å². The van der Waals surface area contributed by atoms with E-state index in [1.165, 1.54) is 0 Å². The van der Waals surface area contributed by atoms with Gasteiger partial charge in [0.25, 0.3) is 0 Å². The first kappa shape index (κ1) is 15.1. The minimum atomic E-state index is -0.0541. The maximum atomic E-state index is 12.0. The van der Waals surface area contributed by atoms with E-state index in [0.29, 0.717) is 19.4 Å². The van der Waals surface area contributed by atoms with Crippen molar-refractivity contribution < 1.29 is 9.53 Å². The van der Waals surface area contributed by atoms with Crippen LogP contribution < -0.4 is 10.2 Å². The fourth-order valence-electron chi connectivity index (χ4n) is 2.37. The Labute approximate surface area is 134 Å². The highest BCUT2D eigenvalue weighted by Crippen LogP contribution is 2.16. The third-order valence-electron chi connectivity index (χ3n) is 3.60. The van der Waals surface area contributed by atoms with Crippen LogP contribution in [0.5, 0.6) is 5.75 Å². The van der Waals surface area contributed by atoms with Crippen LogP contribution in [0.4, 0.5) is 0 Å². The van der Waals surface area contributed by atoms with Crippen molar-refractivity contribution in [1.82, 2.24) is 9.66 Å². The molecule has 1 heterocycles. The first-order valence-electron chi connectivity index (χ1n) is 7.64. The van der Waals surface area contributed by atoms with E-state index in [1.807, 2.05) is 55.5 Å². The molecular weight excluding hydrogens is 290 g/mol. The van der Waals surface area contributed by atoms with Gasteiger partial charge in [-0.1, -0.05) is 30.3 Å². The topological polar surface area (TPSA) is 56.1 Å². The number of imidazole rings is 1. The molecule has 5 nitrogen and oxygen atoms in total. The number of nitrogens with one attached hydrogen (secondary N) is 1. The molecule has 0 atom stereocenters. The number of amides is 1. The van der Waals surface area contributed by atoms with Gasteiger partial charge >= 0.3 is 0 Å². The molecule has 0 spiro atoms. The van der Waals surface area contributed by atoms with E-state index in [9.17, 15) is 4.79 Å². The van der Waals surface area contributed by atoms with Gasteiger partial charge in [-0.25, -0.2) is 9.66 Å². The molecule has 1 amide bonds. The second kappa shape index (κ2) is 6.96. The van der Waals surface area contributed by atoms with Crippen molar-refractivity contribution in [3.63, 3.8) is 0 Å². The lowest BCUT2D eigenvalue weighted by Gasteiger charge is -2.09. The zero-order chi connectivity index (χ0) is 16.1. The van der Waals surface area contributed by atoms with E-state index in [1.54, 1.807) is 11.0 Å². The van der Waals surface area contributed by atoms with Crippen molar-refractivity contribution in [3.8, 4) is 5.75 Å². The van der Waals surface area contributed by atoms with Gasteiger partial charge in [-0.05, 0) is 37.1 Å². The Morgan fingerprint density at radius 1 is 1.17 bits per heavy atom. The summed E-state index contributed by atoms with van der Waals surface area (Å²) in [6.07, 6.45) is 2.68. The minimum Gasteiger partial charge on any atom is -0.493 e. The number of ether oxygens (including phenoxy) is 1. The summed E-state index contributed by atoms with van der Waals surface area (Å²) >= 11 is 0. The number of para-hydroxylation sites is 3. The number of carbonyl (C=O) groups is 1. The smallest absolute Gasteiger partial charge is 0.238 e. The summed E-state index contributed by atoms with van der Waals surface area (Å²) in [7, 11) is 0. The standard InChI is InChI=1S/C18H19N3O2/c1-14-7-2-5-10-17(14)23-12-6-11-18(22)20-21-13-19-15-8-3-4-9-16(15)21/h2-5,7-10,13H,6,11-12H2,1H3,(H,20,22). The normalized spacial score (nSPS) is 10.7. The molecule has 0 aliphatic rings. The average molecular weight is 309 g/mol. The number of aromatic nitrogens is 2. The zero-order valence-corrected chi connectivity index (χ0v) is 13.0. The largest absolute Gasteiger partial charge is 0.493 e. The Morgan fingerprint density at radius 3 is 2.83 bits per heavy atom. The Bertz CT molecular complexity index is 811. The van der Waals surface area contributed by atoms with Gasteiger partial charge in [0.05, 0.1) is 17.6 Å². The highest BCUT2D eigenvalue weighted by Gasteiger charge is 2.06. The Morgan fingerprint density at radius 2 is 1.96 bits per heavy atom. The number of rotatable bonds is 6. The number of hydrogen-bond acceptors (Lipinski definition) is 3. The predicted octanol–water partition coefficient (Wildman–Crippen LogP) is 3.27. The van der Waals surface area contributed by atoms with Gasteiger partial charge in [-0.3, -0.25) is 10.2 Å². The first-order chi connectivity index (χ1) is 11.2. The average Bonchev–Trinajstić information content (AvgIpc) is 2.96. The van der Waals surface area contributed by atoms with Gasteiger partial charge in [0.15, 0.2) is 0 Å². The fourth-order valence-corrected chi connectivity index (χ4v) is 2.37. The Balaban J connectivity index is 1.48. The van der Waals surface area contributed by atoms with Crippen LogP contribution in [0.25, 0.3) is 11.0 Å². The summed E-state index contributed by atoms with van der Waals surface area (Å²) in [5.41, 5.74) is 5.68. The van der Waals surface area contributed by atoms with E-state index in [-0.39, 0.29) is 5.91 Å². The predicted molar refractivity (Wildman–Crippen MR) is 90.0 cm³/mol. The number of aryl methyl sites for hydroxylation is 1. The summed E-state index contributed by atoms with van der Waals surface area (Å²) in [4.78, 5) is 16.3. The fraction of sp³-hybridized carbons (Fsp3) is 0.222. The molecule has 0 unspecified atom stereocenters. The van der Waals surface area contributed by atoms with Crippen molar-refractivity contribution in [1.29, 1.82) is 0 Å². The van der Waals surface area contributed by atoms with E-state index in [0.717, 1.165) is 22.3 Å². The molecule has 0 fully saturated rings. The van der Waals surface area contributed by atoms with Crippen molar-refractivity contribution >= 4 is 16.9 Å². The third kappa shape index (κ3) is 3.69. The van der Waals surface area contributed by atoms with Gasteiger partial charge in [0, 0.05) is 6.42 Å². The monoisotopic (exact) mass is 309 g/mol. The summed E-state index contributed by atoms with van der Waals surface area (Å²) in [6, 6.07) is 15.5. The highest BCUT2D eigenvalue weighted by molar-refractivity contribution is 5.86. The maximum absolute atomic E-state index is 12.0. The lowest BCUT2D eigenvalue weighted by molar-refractivity contribution is -0.117. The maximum Gasteiger partial charge on any atom is 0.238 e. The molecule has 0 bridgehead atoms. The van der Waals surface area contributed by atoms with Crippen LogP contribution in [0.15, 0.2) is 54.9 Å². The molecule has 1 N–H and O–H groups in total. The zero-order valence-electron chi connectivity index (χ0n) is 13.0. The molecule has 23 heavy (non-hydrogen) atoms. The van der Waals surface area contributed by atoms with Crippen LogP contribution in [-0.2, 0) is 4.79 Å². The molecule has 0 radical (unpaired) electrons. The van der Waals surface area contributed by atoms with Crippen molar-refractivity contribution in [2.24, 2.45) is 0 Å². The SMILES string of the molecule is Cc1ccccc1OCCCC(=O)Nn1cnc2ccccc21. The molecule has 2 aromatic carbocycles. The van der Waals surface area contributed by atoms with Crippen LogP contribution in [0.2, 0.25) is 0 Å². The van der Waals surface area contributed by atoms with E-state index in [2.05, 4.69) is 10.4 Å². The van der Waals surface area contributed by atoms with E-state index < -0.39 is 0 Å². The van der Waals surface area contributed by atoms with Gasteiger partial charge in [-0.2, -0.15) is 0 Å². The van der Waals surface area contributed by atoms with Crippen LogP contribution in [-0.4, -0.2) is 22.2 Å². The summed E-state index contributed by atoms with van der Waals surface area (Å²) < 4.78 is 7.35. The molecule has 5 heteroatoms. The number of carbonyl (C=O) groups excluding carboxylic acids is 1. The van der Waals surface area contributed by atoms with Gasteiger partial charge in [-0.15, -0.1) is 0 Å². The minimum absolute atomic E-state index is 0.0541. The number of hydrogen-bond donors (Lipinski definition) is 1. The summed E-state index contributed by atoms with van der Waals surface area (Å²) in [5, 5.41) is 0. The second-order valence-electron chi connectivity index (χ2n) is 5.36. The van der Waals surface area contributed by atoms with E-state index >= 15 is 0 Å². The molecule has 0 saturated heterocycles. The lowest BCUT2D eigenvalue weighted by Crippen LogP contribution is -2.22. The molecule has 1 aromatic heterocycles. The molecule has 0 saturated carbocycles. The Hall–Kier alpha value is -2.82. The molecule has 3 rings (SSSR count). The van der Waals surface area contributed by atoms with E-state index in [4.69, 9.17) is 4.74 Å². The second-order valence-corrected chi connectivity index (χ2v) is 5.36. The van der Waals surface area contributed by atoms with Crippen LogP contribution in [0.3, 0.4) is 0 Å². The van der Waals surface area contributed by atoms with Crippen molar-refractivity contribution in [3.05, 3.63) is 60.4 Å². The number of fused-ring (bicyclic) bond motifs is 1. The van der Waals surface area contributed by atoms with Crippen LogP contribution in [0, 0.1) is 6.92 Å². The molecule has 118 valence electrons. The third-order valence-corrected chi connectivity index (χ3v) is 3.60. The number of nitrogens with zero attached hydrogens (tertiary/aromatic N) is 2.